The number of aromatic nitrogens is 2. The number of furan rings is 1. The van der Waals surface area contributed by atoms with Gasteiger partial charge >= 0.3 is 0 Å². The zero-order valence-corrected chi connectivity index (χ0v) is 18.1. The van der Waals surface area contributed by atoms with Crippen molar-refractivity contribution in [2.75, 3.05) is 0 Å². The highest BCUT2D eigenvalue weighted by Crippen LogP contribution is 2.39. The second-order valence-corrected chi connectivity index (χ2v) is 8.41. The Morgan fingerprint density at radius 1 is 0.676 bits per heavy atom. The summed E-state index contributed by atoms with van der Waals surface area (Å²) in [5, 5.41) is 13.9. The van der Waals surface area contributed by atoms with Crippen molar-refractivity contribution in [1.29, 1.82) is 5.26 Å². The molecule has 0 fully saturated rings. The third-order valence-corrected chi connectivity index (χ3v) is 6.49. The second-order valence-electron chi connectivity index (χ2n) is 8.41. The van der Waals surface area contributed by atoms with Crippen LogP contribution in [0.1, 0.15) is 5.56 Å². The summed E-state index contributed by atoms with van der Waals surface area (Å²) in [6, 6.07) is 33.4. The van der Waals surface area contributed by atoms with Gasteiger partial charge in [0.2, 0.25) is 0 Å². The van der Waals surface area contributed by atoms with Gasteiger partial charge in [-0.05, 0) is 36.4 Å². The maximum atomic E-state index is 9.41. The van der Waals surface area contributed by atoms with E-state index in [2.05, 4.69) is 70.2 Å². The van der Waals surface area contributed by atoms with Gasteiger partial charge in [-0.25, -0.2) is 0 Å². The van der Waals surface area contributed by atoms with Gasteiger partial charge in [0, 0.05) is 45.1 Å². The summed E-state index contributed by atoms with van der Waals surface area (Å²) in [6.07, 6.45) is 3.41. The van der Waals surface area contributed by atoms with Crippen molar-refractivity contribution >= 4 is 43.7 Å². The van der Waals surface area contributed by atoms with Crippen LogP contribution in [-0.2, 0) is 0 Å². The SMILES string of the molecule is N#Cc1cncc(-c2ccccc2-n2c3ccccc3c3cc4oc5ccccc5c4cc32)c1. The van der Waals surface area contributed by atoms with Crippen LogP contribution in [0.3, 0.4) is 0 Å². The highest BCUT2D eigenvalue weighted by Gasteiger charge is 2.18. The lowest BCUT2D eigenvalue weighted by molar-refractivity contribution is 0.669. The molecule has 0 unspecified atom stereocenters. The first kappa shape index (κ1) is 18.7. The molecule has 0 spiro atoms. The Hall–Kier alpha value is -4.88. The molecule has 0 saturated heterocycles. The zero-order valence-electron chi connectivity index (χ0n) is 18.1. The average Bonchev–Trinajstić information content (AvgIpc) is 3.42. The Kier molecular flexibility index (Phi) is 3.88. The first-order chi connectivity index (χ1) is 16.8. The summed E-state index contributed by atoms with van der Waals surface area (Å²) in [5.74, 6) is 0. The minimum absolute atomic E-state index is 0.543. The molecule has 0 amide bonds. The van der Waals surface area contributed by atoms with Crippen molar-refractivity contribution in [3.05, 3.63) is 109 Å². The molecule has 0 N–H and O–H groups in total. The molecule has 4 nitrogen and oxygen atoms in total. The summed E-state index contributed by atoms with van der Waals surface area (Å²) >= 11 is 0. The van der Waals surface area contributed by atoms with Crippen LogP contribution in [-0.4, -0.2) is 9.55 Å². The fraction of sp³-hybridized carbons (Fsp3) is 0. The maximum Gasteiger partial charge on any atom is 0.136 e. The number of fused-ring (bicyclic) bond motifs is 6. The molecule has 4 aromatic carbocycles. The van der Waals surface area contributed by atoms with E-state index in [0.29, 0.717) is 5.56 Å². The molecule has 0 saturated carbocycles. The van der Waals surface area contributed by atoms with E-state index in [-0.39, 0.29) is 0 Å². The molecule has 0 bridgehead atoms. The number of hydrogen-bond donors (Lipinski definition) is 0. The Morgan fingerprint density at radius 3 is 2.38 bits per heavy atom. The number of hydrogen-bond acceptors (Lipinski definition) is 3. The predicted octanol–water partition coefficient (Wildman–Crippen LogP) is 7.62. The molecular formula is C30H17N3O. The molecule has 0 radical (unpaired) electrons. The third-order valence-electron chi connectivity index (χ3n) is 6.49. The Labute approximate surface area is 194 Å². The summed E-state index contributed by atoms with van der Waals surface area (Å²) in [4.78, 5) is 4.30. The van der Waals surface area contributed by atoms with E-state index in [9.17, 15) is 5.26 Å². The van der Waals surface area contributed by atoms with Crippen LogP contribution < -0.4 is 0 Å². The molecule has 7 aromatic rings. The molecule has 3 aromatic heterocycles. The van der Waals surface area contributed by atoms with Gasteiger partial charge in [0.25, 0.3) is 0 Å². The summed E-state index contributed by atoms with van der Waals surface area (Å²) in [7, 11) is 0. The highest BCUT2D eigenvalue weighted by atomic mass is 16.3. The van der Waals surface area contributed by atoms with E-state index in [4.69, 9.17) is 4.42 Å². The van der Waals surface area contributed by atoms with E-state index < -0.39 is 0 Å². The molecule has 34 heavy (non-hydrogen) atoms. The van der Waals surface area contributed by atoms with Crippen molar-refractivity contribution in [3.63, 3.8) is 0 Å². The Bertz CT molecular complexity index is 1930. The van der Waals surface area contributed by atoms with Crippen molar-refractivity contribution < 1.29 is 4.42 Å². The molecular weight excluding hydrogens is 418 g/mol. The van der Waals surface area contributed by atoms with Gasteiger partial charge < -0.3 is 8.98 Å². The summed E-state index contributed by atoms with van der Waals surface area (Å²) in [6.45, 7) is 0. The van der Waals surface area contributed by atoms with Crippen LogP contribution >= 0.6 is 0 Å². The first-order valence-corrected chi connectivity index (χ1v) is 11.1. The van der Waals surface area contributed by atoms with Gasteiger partial charge in [-0.3, -0.25) is 4.98 Å². The topological polar surface area (TPSA) is 54.8 Å². The van der Waals surface area contributed by atoms with Crippen LogP contribution in [0.25, 0.3) is 60.6 Å². The van der Waals surface area contributed by atoms with Crippen LogP contribution in [0.2, 0.25) is 0 Å². The van der Waals surface area contributed by atoms with Crippen LogP contribution in [0.15, 0.2) is 108 Å². The second kappa shape index (κ2) is 7.06. The van der Waals surface area contributed by atoms with Gasteiger partial charge in [0.1, 0.15) is 17.2 Å². The van der Waals surface area contributed by atoms with E-state index in [0.717, 1.165) is 55.2 Å². The fourth-order valence-electron chi connectivity index (χ4n) is 5.01. The number of benzene rings is 4. The maximum absolute atomic E-state index is 9.41. The van der Waals surface area contributed by atoms with Crippen molar-refractivity contribution in [2.24, 2.45) is 0 Å². The van der Waals surface area contributed by atoms with Gasteiger partial charge in [-0.2, -0.15) is 5.26 Å². The summed E-state index contributed by atoms with van der Waals surface area (Å²) < 4.78 is 8.50. The smallest absolute Gasteiger partial charge is 0.136 e. The molecule has 7 rings (SSSR count). The van der Waals surface area contributed by atoms with Gasteiger partial charge in [-0.15, -0.1) is 0 Å². The number of rotatable bonds is 2. The molecule has 3 heterocycles. The van der Waals surface area contributed by atoms with E-state index in [1.165, 1.54) is 5.39 Å². The lowest BCUT2D eigenvalue weighted by Crippen LogP contribution is -1.97. The van der Waals surface area contributed by atoms with Crippen LogP contribution in [0.5, 0.6) is 0 Å². The molecule has 0 atom stereocenters. The van der Waals surface area contributed by atoms with E-state index >= 15 is 0 Å². The molecule has 0 aliphatic rings. The molecule has 0 aliphatic heterocycles. The predicted molar refractivity (Wildman–Crippen MR) is 136 cm³/mol. The van der Waals surface area contributed by atoms with Gasteiger partial charge in [0.15, 0.2) is 0 Å². The number of nitriles is 1. The quantitative estimate of drug-likeness (QED) is 0.281. The first-order valence-electron chi connectivity index (χ1n) is 11.1. The van der Waals surface area contributed by atoms with Crippen molar-refractivity contribution in [3.8, 4) is 22.9 Å². The number of para-hydroxylation sites is 3. The number of pyridine rings is 1. The standard InChI is InChI=1S/C30H17N3O/c31-16-19-13-20(18-32-17-19)21-7-1-4-10-26(21)33-27-11-5-2-8-22(27)24-15-30-25(14-28(24)33)23-9-3-6-12-29(23)34-30/h1-15,17-18H. The lowest BCUT2D eigenvalue weighted by atomic mass is 10.0. The molecule has 0 aliphatic carbocycles. The normalized spacial score (nSPS) is 11.5. The van der Waals surface area contributed by atoms with E-state index in [1.54, 1.807) is 6.20 Å². The average molecular weight is 435 g/mol. The Balaban J connectivity index is 1.62. The minimum Gasteiger partial charge on any atom is -0.456 e. The molecule has 158 valence electrons. The molecule has 4 heteroatoms. The number of nitrogens with zero attached hydrogens (tertiary/aromatic N) is 3. The largest absolute Gasteiger partial charge is 0.456 e. The third kappa shape index (κ3) is 2.61. The van der Waals surface area contributed by atoms with Crippen molar-refractivity contribution in [2.45, 2.75) is 0 Å². The zero-order chi connectivity index (χ0) is 22.6. The van der Waals surface area contributed by atoms with Crippen LogP contribution in [0.4, 0.5) is 0 Å². The monoisotopic (exact) mass is 435 g/mol. The van der Waals surface area contributed by atoms with E-state index in [1.807, 2.05) is 42.6 Å². The minimum atomic E-state index is 0.543. The summed E-state index contributed by atoms with van der Waals surface area (Å²) in [5.41, 5.74) is 7.51. The highest BCUT2D eigenvalue weighted by molar-refractivity contribution is 6.17. The van der Waals surface area contributed by atoms with Gasteiger partial charge in [-0.1, -0.05) is 54.6 Å². The van der Waals surface area contributed by atoms with Gasteiger partial charge in [0.05, 0.1) is 22.3 Å². The van der Waals surface area contributed by atoms with Crippen LogP contribution in [0, 0.1) is 11.3 Å². The fourth-order valence-corrected chi connectivity index (χ4v) is 5.01. The lowest BCUT2D eigenvalue weighted by Gasteiger charge is -2.14. The van der Waals surface area contributed by atoms with Crippen molar-refractivity contribution in [1.82, 2.24) is 9.55 Å². The Morgan fingerprint density at radius 2 is 1.47 bits per heavy atom.